The summed E-state index contributed by atoms with van der Waals surface area (Å²) in [5.74, 6) is 0.365. The zero-order valence-electron chi connectivity index (χ0n) is 17.9. The Morgan fingerprint density at radius 2 is 1.90 bits per heavy atom. The molecule has 7 nitrogen and oxygen atoms in total. The third-order valence-electron chi connectivity index (χ3n) is 5.21. The summed E-state index contributed by atoms with van der Waals surface area (Å²) in [4.78, 5) is 28.4. The smallest absolute Gasteiger partial charge is 0.253 e. The summed E-state index contributed by atoms with van der Waals surface area (Å²) in [7, 11) is 1.76. The lowest BCUT2D eigenvalue weighted by molar-refractivity contribution is 0.0802. The van der Waals surface area contributed by atoms with E-state index >= 15 is 0 Å². The molecule has 1 unspecified atom stereocenters. The number of amides is 1. The third-order valence-corrected chi connectivity index (χ3v) is 6.16. The molecular formula is C23H23N5O2S. The highest BCUT2D eigenvalue weighted by atomic mass is 32.2. The fraction of sp³-hybridized carbons (Fsp3) is 0.217. The molecule has 0 saturated carbocycles. The molecule has 0 aliphatic carbocycles. The van der Waals surface area contributed by atoms with Gasteiger partial charge in [0.05, 0.1) is 22.8 Å². The third kappa shape index (κ3) is 4.04. The summed E-state index contributed by atoms with van der Waals surface area (Å²) in [5.41, 5.74) is 4.01. The number of aromatic nitrogens is 4. The van der Waals surface area contributed by atoms with Crippen molar-refractivity contribution in [2.45, 2.75) is 18.7 Å². The molecule has 8 heteroatoms. The predicted molar refractivity (Wildman–Crippen MR) is 122 cm³/mol. The monoisotopic (exact) mass is 433 g/mol. The van der Waals surface area contributed by atoms with Crippen LogP contribution in [0.5, 0.6) is 0 Å². The Hall–Kier alpha value is -3.23. The van der Waals surface area contributed by atoms with E-state index in [2.05, 4.69) is 15.0 Å². The lowest BCUT2D eigenvalue weighted by Gasteiger charge is -2.14. The van der Waals surface area contributed by atoms with E-state index in [4.69, 9.17) is 0 Å². The largest absolute Gasteiger partial charge is 0.612 e. The highest BCUT2D eigenvalue weighted by Gasteiger charge is 2.20. The summed E-state index contributed by atoms with van der Waals surface area (Å²) >= 11 is -1.20. The number of hydrogen-bond acceptors (Lipinski definition) is 5. The molecule has 1 amide bonds. The van der Waals surface area contributed by atoms with Crippen LogP contribution in [0.4, 0.5) is 0 Å². The van der Waals surface area contributed by atoms with Gasteiger partial charge in [-0.1, -0.05) is 0 Å². The topological polar surface area (TPSA) is 87.0 Å². The lowest BCUT2D eigenvalue weighted by atomic mass is 10.1. The van der Waals surface area contributed by atoms with Crippen LogP contribution in [0.3, 0.4) is 0 Å². The Kier molecular flexibility index (Phi) is 5.75. The molecule has 4 aromatic rings. The van der Waals surface area contributed by atoms with Gasteiger partial charge in [-0.05, 0) is 60.9 Å². The van der Waals surface area contributed by atoms with Crippen LogP contribution in [0.1, 0.15) is 22.8 Å². The number of pyridine rings is 1. The molecule has 1 atom stereocenters. The molecule has 0 radical (unpaired) electrons. The van der Waals surface area contributed by atoms with Crippen molar-refractivity contribution in [3.05, 3.63) is 66.2 Å². The van der Waals surface area contributed by atoms with E-state index in [0.717, 1.165) is 27.7 Å². The second kappa shape index (κ2) is 8.49. The first-order valence-corrected chi connectivity index (χ1v) is 11.4. The Morgan fingerprint density at radius 1 is 1.16 bits per heavy atom. The lowest BCUT2D eigenvalue weighted by Crippen LogP contribution is -2.26. The minimum atomic E-state index is -1.20. The SMILES string of the molecule is CCN(C)C(=O)c1ccc2c([S+](C)[O-])cn(-c3ncc(-c4cc(C)ccn4)cn3)c2c1. The summed E-state index contributed by atoms with van der Waals surface area (Å²) in [6, 6.07) is 9.32. The number of rotatable bonds is 5. The van der Waals surface area contributed by atoms with Gasteiger partial charge in [0.15, 0.2) is 4.90 Å². The van der Waals surface area contributed by atoms with Crippen molar-refractivity contribution in [1.82, 2.24) is 24.4 Å². The van der Waals surface area contributed by atoms with Crippen molar-refractivity contribution in [3.63, 3.8) is 0 Å². The van der Waals surface area contributed by atoms with Crippen molar-refractivity contribution >= 4 is 28.0 Å². The van der Waals surface area contributed by atoms with E-state index in [1.54, 1.807) is 59.7 Å². The Balaban J connectivity index is 1.81. The summed E-state index contributed by atoms with van der Waals surface area (Å²) in [6.07, 6.45) is 8.61. The zero-order chi connectivity index (χ0) is 22.1. The number of aryl methyl sites for hydroxylation is 1. The maximum atomic E-state index is 12.7. The molecular weight excluding hydrogens is 410 g/mol. The van der Waals surface area contributed by atoms with Gasteiger partial charge in [0.25, 0.3) is 5.91 Å². The fourth-order valence-electron chi connectivity index (χ4n) is 3.36. The van der Waals surface area contributed by atoms with Gasteiger partial charge < -0.3 is 9.45 Å². The Labute approximate surface area is 184 Å². The molecule has 3 aromatic heterocycles. The number of fused-ring (bicyclic) bond motifs is 1. The average molecular weight is 434 g/mol. The second-order valence-electron chi connectivity index (χ2n) is 7.36. The van der Waals surface area contributed by atoms with Crippen LogP contribution in [0, 0.1) is 6.92 Å². The van der Waals surface area contributed by atoms with Crippen molar-refractivity contribution in [1.29, 1.82) is 0 Å². The molecule has 0 spiro atoms. The number of nitrogens with zero attached hydrogens (tertiary/aromatic N) is 5. The number of carbonyl (C=O) groups is 1. The van der Waals surface area contributed by atoms with Crippen molar-refractivity contribution in [3.8, 4) is 17.2 Å². The van der Waals surface area contributed by atoms with E-state index in [9.17, 15) is 9.35 Å². The number of hydrogen-bond donors (Lipinski definition) is 0. The van der Waals surface area contributed by atoms with Gasteiger partial charge >= 0.3 is 0 Å². The van der Waals surface area contributed by atoms with E-state index in [-0.39, 0.29) is 5.91 Å². The molecule has 0 fully saturated rings. The van der Waals surface area contributed by atoms with Gasteiger partial charge in [0.1, 0.15) is 6.26 Å². The molecule has 1 aromatic carbocycles. The van der Waals surface area contributed by atoms with Crippen LogP contribution in [0.15, 0.2) is 60.0 Å². The number of carbonyl (C=O) groups excluding carboxylic acids is 1. The van der Waals surface area contributed by atoms with Crippen LogP contribution in [-0.4, -0.2) is 54.7 Å². The first kappa shape index (κ1) is 21.0. The van der Waals surface area contributed by atoms with E-state index < -0.39 is 11.2 Å². The van der Waals surface area contributed by atoms with Gasteiger partial charge in [-0.15, -0.1) is 0 Å². The van der Waals surface area contributed by atoms with E-state index in [1.165, 1.54) is 0 Å². The molecule has 0 saturated heterocycles. The standard InChI is InChI=1S/C23H23N5O2S/c1-5-27(3)22(29)16-6-7-18-20(11-16)28(14-21(18)31(4)30)23-25-12-17(13-26-23)19-10-15(2)8-9-24-19/h6-14H,5H2,1-4H3. The van der Waals surface area contributed by atoms with Crippen LogP contribution >= 0.6 is 0 Å². The van der Waals surface area contributed by atoms with Gasteiger partial charge in [-0.25, -0.2) is 9.97 Å². The molecule has 0 N–H and O–H groups in total. The number of benzene rings is 1. The molecule has 0 aliphatic heterocycles. The summed E-state index contributed by atoms with van der Waals surface area (Å²) in [6.45, 7) is 4.54. The van der Waals surface area contributed by atoms with Crippen molar-refractivity contribution < 1.29 is 9.35 Å². The van der Waals surface area contributed by atoms with E-state index in [1.807, 2.05) is 32.0 Å². The summed E-state index contributed by atoms with van der Waals surface area (Å²) in [5, 5.41) is 0.810. The second-order valence-corrected chi connectivity index (χ2v) is 8.71. The first-order chi connectivity index (χ1) is 14.9. The highest BCUT2D eigenvalue weighted by molar-refractivity contribution is 7.91. The Bertz CT molecular complexity index is 1250. The zero-order valence-corrected chi connectivity index (χ0v) is 18.7. The quantitative estimate of drug-likeness (QED) is 0.449. The molecule has 3 heterocycles. The maximum absolute atomic E-state index is 12.7. The van der Waals surface area contributed by atoms with Crippen molar-refractivity contribution in [2.75, 3.05) is 19.8 Å². The fourth-order valence-corrected chi connectivity index (χ4v) is 4.10. The Morgan fingerprint density at radius 3 is 2.55 bits per heavy atom. The van der Waals surface area contributed by atoms with E-state index in [0.29, 0.717) is 23.0 Å². The molecule has 0 aliphatic rings. The minimum absolute atomic E-state index is 0.0712. The molecule has 4 rings (SSSR count). The normalized spacial score (nSPS) is 12.2. The maximum Gasteiger partial charge on any atom is 0.253 e. The van der Waals surface area contributed by atoms with Gasteiger partial charge in [0.2, 0.25) is 5.95 Å². The molecule has 31 heavy (non-hydrogen) atoms. The predicted octanol–water partition coefficient (Wildman–Crippen LogP) is 3.62. The highest BCUT2D eigenvalue weighted by Crippen LogP contribution is 2.29. The first-order valence-electron chi connectivity index (χ1n) is 9.88. The van der Waals surface area contributed by atoms with Gasteiger partial charge in [0, 0.05) is 43.3 Å². The van der Waals surface area contributed by atoms with Crippen molar-refractivity contribution in [2.24, 2.45) is 0 Å². The van der Waals surface area contributed by atoms with Crippen LogP contribution in [0.25, 0.3) is 28.1 Å². The molecule has 158 valence electrons. The summed E-state index contributed by atoms with van der Waals surface area (Å²) < 4.78 is 14.1. The van der Waals surface area contributed by atoms with Crippen LogP contribution < -0.4 is 0 Å². The van der Waals surface area contributed by atoms with Gasteiger partial charge in [-0.3, -0.25) is 14.3 Å². The minimum Gasteiger partial charge on any atom is -0.612 e. The average Bonchev–Trinajstić information content (AvgIpc) is 3.17. The van der Waals surface area contributed by atoms with Crippen LogP contribution in [0.2, 0.25) is 0 Å². The molecule has 0 bridgehead atoms. The van der Waals surface area contributed by atoms with Gasteiger partial charge in [-0.2, -0.15) is 0 Å². The van der Waals surface area contributed by atoms with Crippen LogP contribution in [-0.2, 0) is 11.2 Å².